The fourth-order valence-corrected chi connectivity index (χ4v) is 2.62. The number of carbonyl (C=O) groups excluding carboxylic acids is 1. The van der Waals surface area contributed by atoms with Crippen LogP contribution in [0, 0.1) is 26.6 Å². The lowest BCUT2D eigenvalue weighted by Gasteiger charge is -2.11. The summed E-state index contributed by atoms with van der Waals surface area (Å²) in [4.78, 5) is 16.8. The Bertz CT molecular complexity index is 875. The van der Waals surface area contributed by atoms with Gasteiger partial charge in [-0.2, -0.15) is 0 Å². The van der Waals surface area contributed by atoms with E-state index in [1.165, 1.54) is 12.1 Å². The van der Waals surface area contributed by atoms with E-state index in [0.717, 1.165) is 17.0 Å². The van der Waals surface area contributed by atoms with Gasteiger partial charge in [-0.3, -0.25) is 9.78 Å². The lowest BCUT2D eigenvalue weighted by atomic mass is 10.1. The molecule has 1 amide bonds. The summed E-state index contributed by atoms with van der Waals surface area (Å²) in [5.41, 5.74) is 3.99. The number of anilines is 1. The van der Waals surface area contributed by atoms with Crippen molar-refractivity contribution >= 4 is 11.6 Å². The van der Waals surface area contributed by atoms with Crippen LogP contribution in [0.3, 0.4) is 0 Å². The molecule has 0 aliphatic rings. The van der Waals surface area contributed by atoms with Crippen LogP contribution < -0.4 is 5.32 Å². The van der Waals surface area contributed by atoms with Gasteiger partial charge < -0.3 is 9.73 Å². The molecule has 0 fully saturated rings. The summed E-state index contributed by atoms with van der Waals surface area (Å²) in [6.07, 6.45) is 0. The number of aromatic nitrogens is 1. The smallest absolute Gasteiger partial charge is 0.291 e. The molecular formula is C19H17FN2O2. The van der Waals surface area contributed by atoms with Crippen LogP contribution in [0.1, 0.15) is 27.5 Å². The maximum Gasteiger partial charge on any atom is 0.291 e. The van der Waals surface area contributed by atoms with Gasteiger partial charge in [0, 0.05) is 11.3 Å². The summed E-state index contributed by atoms with van der Waals surface area (Å²) in [7, 11) is 0. The fourth-order valence-electron chi connectivity index (χ4n) is 2.62. The first-order valence-corrected chi connectivity index (χ1v) is 7.56. The monoisotopic (exact) mass is 324 g/mol. The van der Waals surface area contributed by atoms with E-state index in [1.807, 2.05) is 26.8 Å². The first-order valence-electron chi connectivity index (χ1n) is 7.56. The summed E-state index contributed by atoms with van der Waals surface area (Å²) in [6.45, 7) is 5.68. The van der Waals surface area contributed by atoms with Crippen molar-refractivity contribution < 1.29 is 13.6 Å². The van der Waals surface area contributed by atoms with Gasteiger partial charge in [0.15, 0.2) is 5.76 Å². The molecule has 2 aromatic heterocycles. The van der Waals surface area contributed by atoms with Crippen molar-refractivity contribution in [1.82, 2.24) is 4.98 Å². The van der Waals surface area contributed by atoms with Crippen molar-refractivity contribution in [3.63, 3.8) is 0 Å². The van der Waals surface area contributed by atoms with Crippen LogP contribution in [-0.4, -0.2) is 10.9 Å². The Kier molecular flexibility index (Phi) is 4.16. The molecule has 0 bridgehead atoms. The summed E-state index contributed by atoms with van der Waals surface area (Å²) in [6, 6.07) is 11.1. The van der Waals surface area contributed by atoms with E-state index in [4.69, 9.17) is 4.42 Å². The SMILES string of the molecule is Cc1cc(C)c(NC(=O)c2ccc(-c3ccc(F)cc3)o2)c(C)n1. The number of rotatable bonds is 3. The third-order valence-electron chi connectivity index (χ3n) is 3.72. The highest BCUT2D eigenvalue weighted by Crippen LogP contribution is 2.24. The van der Waals surface area contributed by atoms with E-state index in [9.17, 15) is 9.18 Å². The number of hydrogen-bond donors (Lipinski definition) is 1. The summed E-state index contributed by atoms with van der Waals surface area (Å²) >= 11 is 0. The van der Waals surface area contributed by atoms with Gasteiger partial charge in [-0.15, -0.1) is 0 Å². The average molecular weight is 324 g/mol. The molecule has 0 radical (unpaired) electrons. The number of benzene rings is 1. The Morgan fingerprint density at radius 3 is 2.46 bits per heavy atom. The first-order chi connectivity index (χ1) is 11.4. The molecule has 5 heteroatoms. The Morgan fingerprint density at radius 2 is 1.79 bits per heavy atom. The van der Waals surface area contributed by atoms with Crippen LogP contribution >= 0.6 is 0 Å². The van der Waals surface area contributed by atoms with Crippen molar-refractivity contribution in [3.05, 3.63) is 71.0 Å². The number of aryl methyl sites for hydroxylation is 3. The van der Waals surface area contributed by atoms with Crippen LogP contribution in [-0.2, 0) is 0 Å². The van der Waals surface area contributed by atoms with Crippen LogP contribution in [0.2, 0.25) is 0 Å². The maximum absolute atomic E-state index is 13.0. The molecule has 0 aliphatic heterocycles. The first kappa shape index (κ1) is 15.9. The second-order valence-corrected chi connectivity index (χ2v) is 5.67. The zero-order valence-corrected chi connectivity index (χ0v) is 13.7. The number of hydrogen-bond acceptors (Lipinski definition) is 3. The lowest BCUT2D eigenvalue weighted by Crippen LogP contribution is -2.13. The van der Waals surface area contributed by atoms with Crippen LogP contribution in [0.25, 0.3) is 11.3 Å². The zero-order valence-electron chi connectivity index (χ0n) is 13.7. The molecule has 0 spiro atoms. The molecule has 0 saturated carbocycles. The standard InChI is InChI=1S/C19H17FN2O2/c1-11-10-12(2)21-13(3)18(11)22-19(23)17-9-8-16(24-17)14-4-6-15(20)7-5-14/h4-10H,1-3H3,(H,22,23). The topological polar surface area (TPSA) is 55.1 Å². The van der Waals surface area contributed by atoms with Gasteiger partial charge in [0.05, 0.1) is 11.4 Å². The van der Waals surface area contributed by atoms with Gasteiger partial charge in [0.2, 0.25) is 0 Å². The highest BCUT2D eigenvalue weighted by Gasteiger charge is 2.15. The number of carbonyl (C=O) groups is 1. The molecule has 0 saturated heterocycles. The van der Waals surface area contributed by atoms with Gasteiger partial charge in [-0.05, 0) is 68.8 Å². The van der Waals surface area contributed by atoms with Crippen molar-refractivity contribution in [1.29, 1.82) is 0 Å². The molecule has 0 atom stereocenters. The minimum absolute atomic E-state index is 0.189. The minimum Gasteiger partial charge on any atom is -0.451 e. The van der Waals surface area contributed by atoms with Gasteiger partial charge in [-0.25, -0.2) is 4.39 Å². The predicted octanol–water partition coefficient (Wildman–Crippen LogP) is 4.66. The lowest BCUT2D eigenvalue weighted by molar-refractivity contribution is 0.0997. The number of halogens is 1. The largest absolute Gasteiger partial charge is 0.451 e. The second-order valence-electron chi connectivity index (χ2n) is 5.67. The summed E-state index contributed by atoms with van der Waals surface area (Å²) < 4.78 is 18.6. The van der Waals surface area contributed by atoms with E-state index < -0.39 is 0 Å². The normalized spacial score (nSPS) is 10.7. The minimum atomic E-state index is -0.347. The number of amides is 1. The van der Waals surface area contributed by atoms with E-state index in [0.29, 0.717) is 17.0 Å². The van der Waals surface area contributed by atoms with Crippen LogP contribution in [0.4, 0.5) is 10.1 Å². The Hall–Kier alpha value is -2.95. The molecule has 1 N–H and O–H groups in total. The van der Waals surface area contributed by atoms with Gasteiger partial charge in [-0.1, -0.05) is 0 Å². The van der Waals surface area contributed by atoms with Crippen molar-refractivity contribution in [2.24, 2.45) is 0 Å². The van der Waals surface area contributed by atoms with Gasteiger partial charge >= 0.3 is 0 Å². The van der Waals surface area contributed by atoms with Crippen LogP contribution in [0.15, 0.2) is 46.9 Å². The number of furan rings is 1. The highest BCUT2D eigenvalue weighted by molar-refractivity contribution is 6.03. The van der Waals surface area contributed by atoms with Crippen molar-refractivity contribution in [2.45, 2.75) is 20.8 Å². The zero-order chi connectivity index (χ0) is 17.3. The highest BCUT2D eigenvalue weighted by atomic mass is 19.1. The number of nitrogens with zero attached hydrogens (tertiary/aromatic N) is 1. The molecule has 3 rings (SSSR count). The van der Waals surface area contributed by atoms with E-state index >= 15 is 0 Å². The molecule has 4 nitrogen and oxygen atoms in total. The number of nitrogens with one attached hydrogen (secondary N) is 1. The maximum atomic E-state index is 13.0. The molecule has 2 heterocycles. The van der Waals surface area contributed by atoms with Gasteiger partial charge in [0.25, 0.3) is 5.91 Å². The summed E-state index contributed by atoms with van der Waals surface area (Å²) in [5, 5.41) is 2.84. The quantitative estimate of drug-likeness (QED) is 0.762. The van der Waals surface area contributed by atoms with E-state index in [2.05, 4.69) is 10.3 Å². The van der Waals surface area contributed by atoms with Gasteiger partial charge in [0.1, 0.15) is 11.6 Å². The predicted molar refractivity (Wildman–Crippen MR) is 90.5 cm³/mol. The Labute approximate surface area is 139 Å². The van der Waals surface area contributed by atoms with E-state index in [-0.39, 0.29) is 17.5 Å². The molecule has 24 heavy (non-hydrogen) atoms. The Balaban J connectivity index is 1.83. The van der Waals surface area contributed by atoms with Crippen molar-refractivity contribution in [3.8, 4) is 11.3 Å². The molecule has 0 aliphatic carbocycles. The van der Waals surface area contributed by atoms with Crippen molar-refractivity contribution in [2.75, 3.05) is 5.32 Å². The Morgan fingerprint density at radius 1 is 1.08 bits per heavy atom. The number of pyridine rings is 1. The second kappa shape index (κ2) is 6.28. The molecule has 122 valence electrons. The summed E-state index contributed by atoms with van der Waals surface area (Å²) in [5.74, 6) is 0.0330. The third kappa shape index (κ3) is 3.20. The fraction of sp³-hybridized carbons (Fsp3) is 0.158. The molecule has 1 aromatic carbocycles. The molecular weight excluding hydrogens is 307 g/mol. The molecule has 0 unspecified atom stereocenters. The molecule has 3 aromatic rings. The average Bonchev–Trinajstić information content (AvgIpc) is 3.01. The third-order valence-corrected chi connectivity index (χ3v) is 3.72. The van der Waals surface area contributed by atoms with E-state index in [1.54, 1.807) is 24.3 Å². The van der Waals surface area contributed by atoms with Crippen LogP contribution in [0.5, 0.6) is 0 Å².